The molecule has 2 heterocycles. The number of nitrogens with one attached hydrogen (secondary N) is 1. The summed E-state index contributed by atoms with van der Waals surface area (Å²) in [4.78, 5) is 27.2. The number of benzene rings is 2. The van der Waals surface area contributed by atoms with Crippen LogP contribution in [0.15, 0.2) is 47.4 Å². The number of hydrogen-bond donors (Lipinski definition) is 1. The molecular formula is C26H33N3O5S. The second kappa shape index (κ2) is 10.8. The maximum Gasteiger partial charge on any atom is 0.243 e. The third-order valence-electron chi connectivity index (χ3n) is 6.58. The molecule has 188 valence electrons. The Morgan fingerprint density at radius 3 is 2.34 bits per heavy atom. The highest BCUT2D eigenvalue weighted by Crippen LogP contribution is 2.35. The Kier molecular flexibility index (Phi) is 7.76. The van der Waals surface area contributed by atoms with E-state index in [1.165, 1.54) is 11.8 Å². The van der Waals surface area contributed by atoms with Crippen LogP contribution in [0.2, 0.25) is 0 Å². The summed E-state index contributed by atoms with van der Waals surface area (Å²) in [7, 11) is -3.62. The molecule has 8 nitrogen and oxygen atoms in total. The van der Waals surface area contributed by atoms with Gasteiger partial charge in [-0.1, -0.05) is 25.0 Å². The van der Waals surface area contributed by atoms with Gasteiger partial charge in [-0.2, -0.15) is 4.31 Å². The van der Waals surface area contributed by atoms with E-state index in [2.05, 4.69) is 5.32 Å². The van der Waals surface area contributed by atoms with Gasteiger partial charge in [-0.05, 0) is 61.2 Å². The molecule has 2 amide bonds. The van der Waals surface area contributed by atoms with Gasteiger partial charge in [0.25, 0.3) is 0 Å². The molecule has 0 aliphatic carbocycles. The van der Waals surface area contributed by atoms with Crippen LogP contribution in [0, 0.1) is 0 Å². The predicted molar refractivity (Wildman–Crippen MR) is 134 cm³/mol. The molecule has 4 rings (SSSR count). The lowest BCUT2D eigenvalue weighted by Gasteiger charge is -2.24. The van der Waals surface area contributed by atoms with Crippen LogP contribution in [0.25, 0.3) is 0 Å². The van der Waals surface area contributed by atoms with Crippen LogP contribution in [-0.2, 0) is 32.6 Å². The third-order valence-corrected chi connectivity index (χ3v) is 8.48. The average Bonchev–Trinajstić information content (AvgIpc) is 3.01. The normalized spacial score (nSPS) is 18.6. The predicted octanol–water partition coefficient (Wildman–Crippen LogP) is 3.24. The lowest BCUT2D eigenvalue weighted by Crippen LogP contribution is -2.47. The summed E-state index contributed by atoms with van der Waals surface area (Å²) in [5, 5.41) is 2.92. The first-order valence-corrected chi connectivity index (χ1v) is 13.7. The number of carbonyl (C=O) groups excluding carboxylic acids is 2. The van der Waals surface area contributed by atoms with Crippen LogP contribution in [0.5, 0.6) is 5.75 Å². The third kappa shape index (κ3) is 5.51. The fourth-order valence-corrected chi connectivity index (χ4v) is 6.36. The standard InChI is InChI=1S/C26H33N3O5S/c1-3-34-22-10-8-20(9-11-22)18-27-26(31)25-17-21-16-23(12-13-24(21)29(25)19(2)30)35(32,33)28-14-6-4-5-7-15-28/h8-13,16,25H,3-7,14-15,17-18H2,1-2H3,(H,27,31)/t25-/m0/s1. The number of sulfonamides is 1. The van der Waals surface area contributed by atoms with Gasteiger partial charge >= 0.3 is 0 Å². The molecule has 0 radical (unpaired) electrons. The average molecular weight is 500 g/mol. The molecule has 1 saturated heterocycles. The molecule has 2 aromatic rings. The second-order valence-electron chi connectivity index (χ2n) is 9.01. The van der Waals surface area contributed by atoms with Gasteiger partial charge in [0.2, 0.25) is 21.8 Å². The maximum atomic E-state index is 13.3. The summed E-state index contributed by atoms with van der Waals surface area (Å²) in [6, 6.07) is 11.6. The number of nitrogens with zero attached hydrogens (tertiary/aromatic N) is 2. The number of ether oxygens (including phenoxy) is 1. The number of amides is 2. The van der Waals surface area contributed by atoms with Crippen molar-refractivity contribution in [2.75, 3.05) is 24.6 Å². The zero-order valence-electron chi connectivity index (χ0n) is 20.3. The lowest BCUT2D eigenvalue weighted by molar-refractivity contribution is -0.125. The molecule has 9 heteroatoms. The van der Waals surface area contributed by atoms with Crippen LogP contribution in [0.4, 0.5) is 5.69 Å². The summed E-state index contributed by atoms with van der Waals surface area (Å²) in [6.07, 6.45) is 4.07. The Balaban J connectivity index is 1.49. The van der Waals surface area contributed by atoms with Gasteiger partial charge in [0.1, 0.15) is 11.8 Å². The molecule has 0 bridgehead atoms. The minimum Gasteiger partial charge on any atom is -0.494 e. The highest BCUT2D eigenvalue weighted by Gasteiger charge is 2.38. The summed E-state index contributed by atoms with van der Waals surface area (Å²) in [6.45, 7) is 5.29. The minimum atomic E-state index is -3.62. The SMILES string of the molecule is CCOc1ccc(CNC(=O)[C@@H]2Cc3cc(S(=O)(=O)N4CCCCCC4)ccc3N2C(C)=O)cc1. The van der Waals surface area contributed by atoms with Crippen molar-refractivity contribution in [3.63, 3.8) is 0 Å². The van der Waals surface area contributed by atoms with E-state index in [1.807, 2.05) is 31.2 Å². The summed E-state index contributed by atoms with van der Waals surface area (Å²) in [5.74, 6) is 0.234. The van der Waals surface area contributed by atoms with E-state index in [9.17, 15) is 18.0 Å². The van der Waals surface area contributed by atoms with E-state index in [4.69, 9.17) is 4.74 Å². The van der Waals surface area contributed by atoms with Crippen molar-refractivity contribution in [1.29, 1.82) is 0 Å². The highest BCUT2D eigenvalue weighted by molar-refractivity contribution is 7.89. The largest absolute Gasteiger partial charge is 0.494 e. The number of anilines is 1. The van der Waals surface area contributed by atoms with Crippen molar-refractivity contribution in [2.24, 2.45) is 0 Å². The molecular weight excluding hydrogens is 466 g/mol. The molecule has 0 saturated carbocycles. The number of carbonyl (C=O) groups is 2. The van der Waals surface area contributed by atoms with E-state index >= 15 is 0 Å². The van der Waals surface area contributed by atoms with Crippen LogP contribution in [-0.4, -0.2) is 50.3 Å². The molecule has 1 fully saturated rings. The lowest BCUT2D eigenvalue weighted by atomic mass is 10.1. The maximum absolute atomic E-state index is 13.3. The van der Waals surface area contributed by atoms with E-state index in [-0.39, 0.29) is 23.1 Å². The van der Waals surface area contributed by atoms with Gasteiger partial charge in [0.15, 0.2) is 0 Å². The zero-order chi connectivity index (χ0) is 25.0. The van der Waals surface area contributed by atoms with Crippen molar-refractivity contribution in [2.45, 2.75) is 63.4 Å². The Labute approximate surface area is 207 Å². The summed E-state index contributed by atoms with van der Waals surface area (Å²) >= 11 is 0. The van der Waals surface area contributed by atoms with Crippen LogP contribution >= 0.6 is 0 Å². The van der Waals surface area contributed by atoms with E-state index < -0.39 is 16.1 Å². The van der Waals surface area contributed by atoms with Crippen molar-refractivity contribution in [3.05, 3.63) is 53.6 Å². The second-order valence-corrected chi connectivity index (χ2v) is 11.0. The number of fused-ring (bicyclic) bond motifs is 1. The first-order valence-electron chi connectivity index (χ1n) is 12.2. The Bertz CT molecular complexity index is 1170. The fraction of sp³-hybridized carbons (Fsp3) is 0.462. The molecule has 0 aromatic heterocycles. The number of rotatable bonds is 7. The van der Waals surface area contributed by atoms with Crippen LogP contribution in [0.3, 0.4) is 0 Å². The van der Waals surface area contributed by atoms with Gasteiger partial charge in [-0.15, -0.1) is 0 Å². The summed E-state index contributed by atoms with van der Waals surface area (Å²) in [5.41, 5.74) is 2.20. The Morgan fingerprint density at radius 1 is 1.03 bits per heavy atom. The first kappa shape index (κ1) is 25.2. The topological polar surface area (TPSA) is 96.0 Å². The molecule has 35 heavy (non-hydrogen) atoms. The molecule has 1 atom stereocenters. The number of hydrogen-bond acceptors (Lipinski definition) is 5. The molecule has 2 aromatic carbocycles. The van der Waals surface area contributed by atoms with E-state index in [0.29, 0.717) is 37.5 Å². The quantitative estimate of drug-likeness (QED) is 0.631. The van der Waals surface area contributed by atoms with Crippen molar-refractivity contribution >= 4 is 27.5 Å². The summed E-state index contributed by atoms with van der Waals surface area (Å²) < 4.78 is 33.5. The first-order chi connectivity index (χ1) is 16.8. The van der Waals surface area contributed by atoms with Crippen LogP contribution < -0.4 is 15.0 Å². The molecule has 0 unspecified atom stereocenters. The van der Waals surface area contributed by atoms with Gasteiger partial charge in [-0.25, -0.2) is 8.42 Å². The van der Waals surface area contributed by atoms with E-state index in [1.54, 1.807) is 22.5 Å². The molecule has 2 aliphatic heterocycles. The van der Waals surface area contributed by atoms with Crippen molar-refractivity contribution < 1.29 is 22.7 Å². The Hall–Kier alpha value is -2.91. The van der Waals surface area contributed by atoms with Gasteiger partial charge < -0.3 is 10.1 Å². The fourth-order valence-electron chi connectivity index (χ4n) is 4.80. The zero-order valence-corrected chi connectivity index (χ0v) is 21.1. The smallest absolute Gasteiger partial charge is 0.243 e. The Morgan fingerprint density at radius 2 is 1.71 bits per heavy atom. The molecule has 0 spiro atoms. The van der Waals surface area contributed by atoms with E-state index in [0.717, 1.165) is 37.0 Å². The molecule has 1 N–H and O–H groups in total. The minimum absolute atomic E-state index is 0.220. The van der Waals surface area contributed by atoms with Crippen molar-refractivity contribution in [1.82, 2.24) is 9.62 Å². The highest BCUT2D eigenvalue weighted by atomic mass is 32.2. The van der Waals surface area contributed by atoms with Crippen LogP contribution in [0.1, 0.15) is 50.7 Å². The van der Waals surface area contributed by atoms with Gasteiger partial charge in [0, 0.05) is 38.7 Å². The van der Waals surface area contributed by atoms with Gasteiger partial charge in [-0.3, -0.25) is 14.5 Å². The van der Waals surface area contributed by atoms with Crippen molar-refractivity contribution in [3.8, 4) is 5.75 Å². The monoisotopic (exact) mass is 499 g/mol. The van der Waals surface area contributed by atoms with Gasteiger partial charge in [0.05, 0.1) is 11.5 Å². The molecule has 2 aliphatic rings.